The first-order valence-corrected chi connectivity index (χ1v) is 7.29. The zero-order valence-electron chi connectivity index (χ0n) is 11.5. The van der Waals surface area contributed by atoms with Gasteiger partial charge in [-0.15, -0.1) is 0 Å². The largest absolute Gasteiger partial charge is 0.383 e. The maximum absolute atomic E-state index is 12.3. The van der Waals surface area contributed by atoms with Crippen molar-refractivity contribution in [1.82, 2.24) is 5.32 Å². The normalized spacial score (nSPS) is 15.4. The molecule has 2 rings (SSSR count). The summed E-state index contributed by atoms with van der Waals surface area (Å²) in [6, 6.07) is 4.80. The van der Waals surface area contributed by atoms with Gasteiger partial charge in [0.25, 0.3) is 0 Å². The number of halogens is 2. The van der Waals surface area contributed by atoms with Crippen molar-refractivity contribution in [3.63, 3.8) is 0 Å². The number of ether oxygens (including phenoxy) is 1. The van der Waals surface area contributed by atoms with Gasteiger partial charge in [-0.1, -0.05) is 23.2 Å². The van der Waals surface area contributed by atoms with Crippen LogP contribution in [-0.2, 0) is 14.3 Å². The second-order valence-electron chi connectivity index (χ2n) is 4.91. The Morgan fingerprint density at radius 1 is 1.24 bits per heavy atom. The molecule has 7 heteroatoms. The summed E-state index contributed by atoms with van der Waals surface area (Å²) in [4.78, 5) is 24.4. The number of hydrogen-bond acceptors (Lipinski definition) is 3. The minimum absolute atomic E-state index is 0.267. The van der Waals surface area contributed by atoms with E-state index in [2.05, 4.69) is 10.6 Å². The minimum atomic E-state index is -0.972. The minimum Gasteiger partial charge on any atom is -0.383 e. The van der Waals surface area contributed by atoms with Gasteiger partial charge in [0.15, 0.2) is 0 Å². The molecule has 0 radical (unpaired) electrons. The molecule has 114 valence electrons. The predicted molar refractivity (Wildman–Crippen MR) is 81.6 cm³/mol. The summed E-state index contributed by atoms with van der Waals surface area (Å²) in [6.07, 6.45) is 1.08. The molecule has 0 atom stereocenters. The number of methoxy groups -OCH3 is 1. The van der Waals surface area contributed by atoms with Gasteiger partial charge in [0.1, 0.15) is 5.41 Å². The van der Waals surface area contributed by atoms with Crippen LogP contribution in [0.15, 0.2) is 18.2 Å². The van der Waals surface area contributed by atoms with E-state index in [-0.39, 0.29) is 11.8 Å². The molecule has 2 N–H and O–H groups in total. The fourth-order valence-electron chi connectivity index (χ4n) is 1.94. The highest BCUT2D eigenvalue weighted by Gasteiger charge is 2.56. The average Bonchev–Trinajstić information content (AvgIpc) is 3.25. The van der Waals surface area contributed by atoms with Gasteiger partial charge in [-0.25, -0.2) is 0 Å². The molecule has 0 aliphatic heterocycles. The van der Waals surface area contributed by atoms with Crippen LogP contribution in [-0.4, -0.2) is 32.1 Å². The highest BCUT2D eigenvalue weighted by Crippen LogP contribution is 2.46. The molecule has 0 saturated heterocycles. The van der Waals surface area contributed by atoms with Crippen LogP contribution < -0.4 is 10.6 Å². The fourth-order valence-corrected chi connectivity index (χ4v) is 2.24. The number of anilines is 1. The molecule has 0 aromatic heterocycles. The molecule has 0 unspecified atom stereocenters. The highest BCUT2D eigenvalue weighted by atomic mass is 35.5. The number of amides is 2. The van der Waals surface area contributed by atoms with E-state index < -0.39 is 5.41 Å². The van der Waals surface area contributed by atoms with Crippen LogP contribution in [0.2, 0.25) is 10.0 Å². The van der Waals surface area contributed by atoms with Crippen molar-refractivity contribution in [3.8, 4) is 0 Å². The predicted octanol–water partition coefficient (Wildman–Crippen LogP) is 2.47. The Hall–Kier alpha value is -1.30. The third kappa shape index (κ3) is 3.67. The van der Waals surface area contributed by atoms with Crippen molar-refractivity contribution in [3.05, 3.63) is 28.2 Å². The SMILES string of the molecule is COCCNC(=O)C1(C(=O)Nc2ccc(Cl)c(Cl)c2)CC1. The van der Waals surface area contributed by atoms with Crippen molar-refractivity contribution >= 4 is 40.7 Å². The lowest BCUT2D eigenvalue weighted by atomic mass is 10.1. The van der Waals surface area contributed by atoms with E-state index in [0.29, 0.717) is 41.7 Å². The van der Waals surface area contributed by atoms with E-state index in [4.69, 9.17) is 27.9 Å². The number of nitrogens with one attached hydrogen (secondary N) is 2. The standard InChI is InChI=1S/C14H16Cl2N2O3/c1-21-7-6-17-12(19)14(4-5-14)13(20)18-9-2-3-10(15)11(16)8-9/h2-3,8H,4-7H2,1H3,(H,17,19)(H,18,20). The van der Waals surface area contributed by atoms with Crippen LogP contribution in [0.1, 0.15) is 12.8 Å². The van der Waals surface area contributed by atoms with Gasteiger partial charge in [-0.2, -0.15) is 0 Å². The van der Waals surface area contributed by atoms with E-state index in [9.17, 15) is 9.59 Å². The van der Waals surface area contributed by atoms with E-state index in [1.807, 2.05) is 0 Å². The Bertz CT molecular complexity index is 559. The van der Waals surface area contributed by atoms with Crippen molar-refractivity contribution in [2.75, 3.05) is 25.6 Å². The number of hydrogen-bond donors (Lipinski definition) is 2. The van der Waals surface area contributed by atoms with E-state index in [0.717, 1.165) is 0 Å². The van der Waals surface area contributed by atoms with Gasteiger partial charge in [-0.05, 0) is 31.0 Å². The van der Waals surface area contributed by atoms with Crippen LogP contribution in [0.5, 0.6) is 0 Å². The van der Waals surface area contributed by atoms with Crippen molar-refractivity contribution < 1.29 is 14.3 Å². The van der Waals surface area contributed by atoms with Gasteiger partial charge in [0.2, 0.25) is 11.8 Å². The third-order valence-electron chi connectivity index (χ3n) is 3.39. The third-order valence-corrected chi connectivity index (χ3v) is 4.13. The summed E-state index contributed by atoms with van der Waals surface area (Å²) in [5.41, 5.74) is -0.454. The van der Waals surface area contributed by atoms with E-state index >= 15 is 0 Å². The molecule has 1 aromatic carbocycles. The maximum atomic E-state index is 12.3. The number of benzene rings is 1. The van der Waals surface area contributed by atoms with Crippen molar-refractivity contribution in [2.45, 2.75) is 12.8 Å². The number of carbonyl (C=O) groups is 2. The summed E-state index contributed by atoms with van der Waals surface area (Å²) in [5.74, 6) is -0.590. The Balaban J connectivity index is 1.99. The van der Waals surface area contributed by atoms with Crippen LogP contribution in [0, 0.1) is 5.41 Å². The molecule has 1 aliphatic rings. The first kappa shape index (κ1) is 16.1. The summed E-state index contributed by atoms with van der Waals surface area (Å²) in [7, 11) is 1.55. The molecule has 1 aromatic rings. The molecule has 1 fully saturated rings. The molecular formula is C14H16Cl2N2O3. The van der Waals surface area contributed by atoms with Crippen LogP contribution in [0.4, 0.5) is 5.69 Å². The van der Waals surface area contributed by atoms with Gasteiger partial charge in [0.05, 0.1) is 16.7 Å². The molecule has 1 aliphatic carbocycles. The molecule has 0 bridgehead atoms. The first-order chi connectivity index (χ1) is 9.99. The average molecular weight is 331 g/mol. The molecule has 0 spiro atoms. The lowest BCUT2D eigenvalue weighted by Gasteiger charge is -2.15. The lowest BCUT2D eigenvalue weighted by molar-refractivity contribution is -0.134. The Morgan fingerprint density at radius 2 is 1.95 bits per heavy atom. The summed E-state index contributed by atoms with van der Waals surface area (Å²) in [5, 5.41) is 6.17. The van der Waals surface area contributed by atoms with E-state index in [1.54, 1.807) is 25.3 Å². The van der Waals surface area contributed by atoms with Crippen LogP contribution in [0.3, 0.4) is 0 Å². The van der Waals surface area contributed by atoms with Gasteiger partial charge >= 0.3 is 0 Å². The van der Waals surface area contributed by atoms with Gasteiger partial charge in [-0.3, -0.25) is 9.59 Å². The van der Waals surface area contributed by atoms with Crippen LogP contribution in [0.25, 0.3) is 0 Å². The second kappa shape index (κ2) is 6.64. The summed E-state index contributed by atoms with van der Waals surface area (Å²) in [6.45, 7) is 0.799. The van der Waals surface area contributed by atoms with Gasteiger partial charge < -0.3 is 15.4 Å². The molecule has 0 heterocycles. The zero-order valence-corrected chi connectivity index (χ0v) is 13.1. The molecular weight excluding hydrogens is 315 g/mol. The monoisotopic (exact) mass is 330 g/mol. The Morgan fingerprint density at radius 3 is 2.52 bits per heavy atom. The summed E-state index contributed by atoms with van der Waals surface area (Å²) < 4.78 is 4.86. The van der Waals surface area contributed by atoms with Crippen molar-refractivity contribution in [2.24, 2.45) is 5.41 Å². The molecule has 1 saturated carbocycles. The van der Waals surface area contributed by atoms with E-state index in [1.165, 1.54) is 0 Å². The van der Waals surface area contributed by atoms with Gasteiger partial charge in [0, 0.05) is 19.3 Å². The highest BCUT2D eigenvalue weighted by molar-refractivity contribution is 6.42. The quantitative estimate of drug-likeness (QED) is 0.622. The number of rotatable bonds is 6. The zero-order chi connectivity index (χ0) is 15.5. The second-order valence-corrected chi connectivity index (χ2v) is 5.73. The summed E-state index contributed by atoms with van der Waals surface area (Å²) >= 11 is 11.7. The topological polar surface area (TPSA) is 67.4 Å². The molecule has 5 nitrogen and oxygen atoms in total. The van der Waals surface area contributed by atoms with Crippen molar-refractivity contribution in [1.29, 1.82) is 0 Å². The fraction of sp³-hybridized carbons (Fsp3) is 0.429. The van der Waals surface area contributed by atoms with Crippen LogP contribution >= 0.6 is 23.2 Å². The maximum Gasteiger partial charge on any atom is 0.240 e. The lowest BCUT2D eigenvalue weighted by Crippen LogP contribution is -2.41. The Labute approximate surface area is 132 Å². The molecule has 2 amide bonds. The smallest absolute Gasteiger partial charge is 0.240 e. The molecule has 21 heavy (non-hydrogen) atoms. The Kier molecular flexibility index (Phi) is 5.08. The number of carbonyl (C=O) groups excluding carboxylic acids is 2. The first-order valence-electron chi connectivity index (χ1n) is 6.53.